The maximum Gasteiger partial charge on any atom is 0.405 e. The summed E-state index contributed by atoms with van der Waals surface area (Å²) in [6.07, 6.45) is 3.88. The quantitative estimate of drug-likeness (QED) is 0.630. The Bertz CT molecular complexity index is 169. The Morgan fingerprint density at radius 3 is 1.86 bits per heavy atom. The minimum atomic E-state index is -0.725. The topological polar surface area (TPSA) is 72.5 Å². The fourth-order valence-electron chi connectivity index (χ4n) is 1.21. The van der Waals surface area contributed by atoms with Crippen LogP contribution in [0.3, 0.4) is 0 Å². The number of rotatable bonds is 0. The zero-order valence-electron chi connectivity index (χ0n) is 9.25. The molecule has 14 heavy (non-hydrogen) atoms. The molecule has 1 aliphatic rings. The first kappa shape index (κ1) is 13.2. The Morgan fingerprint density at radius 1 is 1.36 bits per heavy atom. The number of carbonyl (C=O) groups excluding carboxylic acids is 1. The molecular formula is C10H21NO3. The molecule has 3 N–H and O–H groups in total. The highest BCUT2D eigenvalue weighted by molar-refractivity contribution is 5.65. The first-order chi connectivity index (χ1) is 6.31. The fraction of sp³-hybridized carbons (Fsp3) is 0.900. The van der Waals surface area contributed by atoms with Crippen molar-refractivity contribution in [2.24, 2.45) is 5.73 Å². The molecule has 0 bridgehead atoms. The summed E-state index contributed by atoms with van der Waals surface area (Å²) in [5, 5.41) is 8.73. The normalized spacial score (nSPS) is 17.1. The van der Waals surface area contributed by atoms with Gasteiger partial charge in [0.15, 0.2) is 0 Å². The number of hydrogen-bond acceptors (Lipinski definition) is 3. The Kier molecular flexibility index (Phi) is 5.53. The van der Waals surface area contributed by atoms with Crippen LogP contribution in [-0.2, 0) is 4.74 Å². The molecule has 0 saturated heterocycles. The van der Waals surface area contributed by atoms with E-state index in [9.17, 15) is 4.79 Å². The van der Waals surface area contributed by atoms with E-state index < -0.39 is 11.7 Å². The van der Waals surface area contributed by atoms with Gasteiger partial charge in [0.25, 0.3) is 0 Å². The lowest BCUT2D eigenvalue weighted by atomic mass is 10.2. The van der Waals surface area contributed by atoms with E-state index in [0.717, 1.165) is 12.8 Å². The monoisotopic (exact) mass is 203 g/mol. The van der Waals surface area contributed by atoms with Crippen molar-refractivity contribution in [3.8, 4) is 0 Å². The lowest BCUT2D eigenvalue weighted by Crippen LogP contribution is -2.27. The molecule has 0 spiro atoms. The number of ether oxygens (including phenoxy) is 1. The molecule has 1 aliphatic carbocycles. The van der Waals surface area contributed by atoms with Crippen LogP contribution in [0.5, 0.6) is 0 Å². The third kappa shape index (κ3) is 9.32. The maximum atomic E-state index is 10.0. The second-order valence-corrected chi connectivity index (χ2v) is 4.47. The van der Waals surface area contributed by atoms with Gasteiger partial charge in [0.2, 0.25) is 0 Å². The minimum Gasteiger partial charge on any atom is -0.444 e. The van der Waals surface area contributed by atoms with Crippen LogP contribution in [0.15, 0.2) is 0 Å². The molecule has 0 radical (unpaired) electrons. The summed E-state index contributed by atoms with van der Waals surface area (Å²) >= 11 is 0. The number of aliphatic hydroxyl groups excluding tert-OH is 1. The molecule has 1 amide bonds. The van der Waals surface area contributed by atoms with E-state index in [1.54, 1.807) is 20.8 Å². The summed E-state index contributed by atoms with van der Waals surface area (Å²) in [7, 11) is 0. The number of amides is 1. The molecule has 0 unspecified atom stereocenters. The summed E-state index contributed by atoms with van der Waals surface area (Å²) in [6.45, 7) is 5.28. The van der Waals surface area contributed by atoms with Gasteiger partial charge < -0.3 is 15.6 Å². The molecule has 0 atom stereocenters. The average Bonchev–Trinajstić information content (AvgIpc) is 2.34. The number of nitrogens with two attached hydrogens (primary N) is 1. The Balaban J connectivity index is 0.000000249. The molecule has 1 fully saturated rings. The van der Waals surface area contributed by atoms with Gasteiger partial charge in [-0.15, -0.1) is 0 Å². The van der Waals surface area contributed by atoms with Gasteiger partial charge in [-0.05, 0) is 33.6 Å². The van der Waals surface area contributed by atoms with E-state index in [2.05, 4.69) is 4.74 Å². The number of aliphatic hydroxyl groups is 1. The Morgan fingerprint density at radius 2 is 1.79 bits per heavy atom. The van der Waals surface area contributed by atoms with Crippen molar-refractivity contribution in [2.75, 3.05) is 0 Å². The van der Waals surface area contributed by atoms with Crippen LogP contribution in [0, 0.1) is 0 Å². The molecule has 0 aromatic rings. The zero-order chi connectivity index (χ0) is 11.2. The molecular weight excluding hydrogens is 182 g/mol. The van der Waals surface area contributed by atoms with E-state index in [1.165, 1.54) is 12.8 Å². The van der Waals surface area contributed by atoms with Crippen molar-refractivity contribution in [1.29, 1.82) is 0 Å². The second kappa shape index (κ2) is 5.86. The van der Waals surface area contributed by atoms with Crippen LogP contribution >= 0.6 is 0 Å². The number of carbonyl (C=O) groups is 1. The van der Waals surface area contributed by atoms with Crippen molar-refractivity contribution in [1.82, 2.24) is 0 Å². The van der Waals surface area contributed by atoms with Crippen LogP contribution in [0.1, 0.15) is 46.5 Å². The second-order valence-electron chi connectivity index (χ2n) is 4.47. The van der Waals surface area contributed by atoms with Crippen molar-refractivity contribution in [2.45, 2.75) is 58.2 Å². The molecule has 4 heteroatoms. The van der Waals surface area contributed by atoms with Gasteiger partial charge in [-0.3, -0.25) is 0 Å². The van der Waals surface area contributed by atoms with E-state index in [4.69, 9.17) is 10.8 Å². The Labute approximate surface area is 85.4 Å². The highest BCUT2D eigenvalue weighted by Gasteiger charge is 2.12. The molecule has 84 valence electrons. The Hall–Kier alpha value is -0.770. The van der Waals surface area contributed by atoms with E-state index >= 15 is 0 Å². The van der Waals surface area contributed by atoms with Crippen LogP contribution in [-0.4, -0.2) is 22.9 Å². The maximum absolute atomic E-state index is 10.0. The van der Waals surface area contributed by atoms with Crippen molar-refractivity contribution < 1.29 is 14.6 Å². The van der Waals surface area contributed by atoms with Crippen molar-refractivity contribution >= 4 is 6.09 Å². The number of hydrogen-bond donors (Lipinski definition) is 2. The fourth-order valence-corrected chi connectivity index (χ4v) is 1.21. The van der Waals surface area contributed by atoms with E-state index in [0.29, 0.717) is 0 Å². The molecule has 0 aromatic carbocycles. The summed E-state index contributed by atoms with van der Waals surface area (Å²) in [6, 6.07) is 0. The van der Waals surface area contributed by atoms with Gasteiger partial charge in [-0.25, -0.2) is 4.79 Å². The summed E-state index contributed by atoms with van der Waals surface area (Å²) in [4.78, 5) is 10.0. The molecule has 0 heterocycles. The standard InChI is InChI=1S/C5H11NO2.C5H10O/c1-5(2,3)8-4(6)7;6-5-3-1-2-4-5/h1-3H3,(H2,6,7);5-6H,1-4H2. The number of primary amides is 1. The minimum absolute atomic E-state index is 0.0463. The summed E-state index contributed by atoms with van der Waals surface area (Å²) in [5.41, 5.74) is 4.26. The molecule has 1 rings (SSSR count). The average molecular weight is 203 g/mol. The predicted octanol–water partition coefficient (Wildman–Crippen LogP) is 1.80. The molecule has 4 nitrogen and oxygen atoms in total. The van der Waals surface area contributed by atoms with Crippen molar-refractivity contribution in [3.63, 3.8) is 0 Å². The van der Waals surface area contributed by atoms with Crippen molar-refractivity contribution in [3.05, 3.63) is 0 Å². The molecule has 0 aromatic heterocycles. The third-order valence-electron chi connectivity index (χ3n) is 1.73. The third-order valence-corrected chi connectivity index (χ3v) is 1.73. The summed E-state index contributed by atoms with van der Waals surface area (Å²) in [5.74, 6) is 0. The van der Waals surface area contributed by atoms with Crippen LogP contribution in [0.4, 0.5) is 4.79 Å². The highest BCUT2D eigenvalue weighted by atomic mass is 16.6. The van der Waals surface area contributed by atoms with Gasteiger partial charge in [0.05, 0.1) is 6.10 Å². The smallest absolute Gasteiger partial charge is 0.405 e. The highest BCUT2D eigenvalue weighted by Crippen LogP contribution is 2.16. The van der Waals surface area contributed by atoms with Crippen LogP contribution in [0.25, 0.3) is 0 Å². The van der Waals surface area contributed by atoms with Gasteiger partial charge in [-0.2, -0.15) is 0 Å². The first-order valence-corrected chi connectivity index (χ1v) is 4.98. The van der Waals surface area contributed by atoms with E-state index in [-0.39, 0.29) is 6.10 Å². The SMILES string of the molecule is CC(C)(C)OC(N)=O.OC1CCCC1. The van der Waals surface area contributed by atoms with Gasteiger partial charge in [0, 0.05) is 0 Å². The predicted molar refractivity (Wildman–Crippen MR) is 54.9 cm³/mol. The van der Waals surface area contributed by atoms with Gasteiger partial charge in [-0.1, -0.05) is 12.8 Å². The first-order valence-electron chi connectivity index (χ1n) is 4.98. The molecule has 1 saturated carbocycles. The lowest BCUT2D eigenvalue weighted by Gasteiger charge is -2.16. The lowest BCUT2D eigenvalue weighted by molar-refractivity contribution is 0.0600. The van der Waals surface area contributed by atoms with Crippen LogP contribution < -0.4 is 5.73 Å². The van der Waals surface area contributed by atoms with Crippen LogP contribution in [0.2, 0.25) is 0 Å². The zero-order valence-corrected chi connectivity index (χ0v) is 9.25. The summed E-state index contributed by atoms with van der Waals surface area (Å²) < 4.78 is 4.58. The van der Waals surface area contributed by atoms with Gasteiger partial charge in [0.1, 0.15) is 5.60 Å². The largest absolute Gasteiger partial charge is 0.444 e. The van der Waals surface area contributed by atoms with E-state index in [1.807, 2.05) is 0 Å². The molecule has 0 aliphatic heterocycles. The van der Waals surface area contributed by atoms with Gasteiger partial charge >= 0.3 is 6.09 Å².